The molecule has 0 unspecified atom stereocenters. The number of aliphatic hydroxyl groups excluding tert-OH is 1. The minimum Gasteiger partial charge on any atom is -0.480 e. The van der Waals surface area contributed by atoms with Gasteiger partial charge in [0.2, 0.25) is 0 Å². The van der Waals surface area contributed by atoms with E-state index >= 15 is 0 Å². The summed E-state index contributed by atoms with van der Waals surface area (Å²) < 4.78 is 0. The molecule has 2 N–H and O–H groups in total. The quantitative estimate of drug-likeness (QED) is 0.764. The Kier molecular flexibility index (Phi) is 3.75. The first-order chi connectivity index (χ1) is 8.49. The van der Waals surface area contributed by atoms with Crippen LogP contribution in [0.2, 0.25) is 0 Å². The molecule has 0 spiro atoms. The van der Waals surface area contributed by atoms with E-state index in [1.165, 1.54) is 11.3 Å². The molecule has 1 saturated carbocycles. The van der Waals surface area contributed by atoms with Gasteiger partial charge in [-0.2, -0.15) is 0 Å². The highest BCUT2D eigenvalue weighted by Crippen LogP contribution is 2.27. The first-order valence-electron chi connectivity index (χ1n) is 6.41. The maximum atomic E-state index is 12.2. The van der Waals surface area contributed by atoms with Gasteiger partial charge < -0.3 is 20.0 Å². The third kappa shape index (κ3) is 2.58. The molecule has 102 valence electrons. The maximum Gasteiger partial charge on any atom is 0.326 e. The van der Waals surface area contributed by atoms with Crippen molar-refractivity contribution in [2.24, 2.45) is 5.92 Å². The number of nitrogens with zero attached hydrogens (tertiary/aromatic N) is 2. The van der Waals surface area contributed by atoms with Crippen molar-refractivity contribution in [2.75, 3.05) is 20.1 Å². The molecule has 1 heterocycles. The van der Waals surface area contributed by atoms with Crippen molar-refractivity contribution in [1.82, 2.24) is 9.80 Å². The van der Waals surface area contributed by atoms with Gasteiger partial charge >= 0.3 is 12.0 Å². The number of carboxylic acid groups (broad SMARTS) is 1. The van der Waals surface area contributed by atoms with E-state index in [-0.39, 0.29) is 19.0 Å². The lowest BCUT2D eigenvalue weighted by molar-refractivity contribution is -0.141. The van der Waals surface area contributed by atoms with Gasteiger partial charge in [-0.25, -0.2) is 9.59 Å². The molecule has 1 aliphatic carbocycles. The van der Waals surface area contributed by atoms with Crippen LogP contribution < -0.4 is 0 Å². The van der Waals surface area contributed by atoms with Crippen molar-refractivity contribution in [1.29, 1.82) is 0 Å². The minimum atomic E-state index is -1.04. The molecular weight excluding hydrogens is 236 g/mol. The fraction of sp³-hybridized carbons (Fsp3) is 0.833. The zero-order valence-corrected chi connectivity index (χ0v) is 10.6. The van der Waals surface area contributed by atoms with Crippen molar-refractivity contribution in [2.45, 2.75) is 37.8 Å². The summed E-state index contributed by atoms with van der Waals surface area (Å²) >= 11 is 0. The smallest absolute Gasteiger partial charge is 0.326 e. The van der Waals surface area contributed by atoms with Crippen molar-refractivity contribution < 1.29 is 19.8 Å². The highest BCUT2D eigenvalue weighted by molar-refractivity contribution is 5.83. The van der Waals surface area contributed by atoms with Gasteiger partial charge in [-0.15, -0.1) is 0 Å². The average Bonchev–Trinajstić information content (AvgIpc) is 2.64. The van der Waals surface area contributed by atoms with Crippen LogP contribution in [0.15, 0.2) is 0 Å². The van der Waals surface area contributed by atoms with E-state index in [0.717, 1.165) is 12.8 Å². The highest BCUT2D eigenvalue weighted by Gasteiger charge is 2.40. The largest absolute Gasteiger partial charge is 0.480 e. The predicted octanol–water partition coefficient (Wildman–Crippen LogP) is 0.358. The number of carbonyl (C=O) groups is 2. The van der Waals surface area contributed by atoms with Crippen molar-refractivity contribution >= 4 is 12.0 Å². The standard InChI is InChI=1S/C12H20N2O4/c1-13(6-8-3-2-4-8)12(18)14-7-9(15)5-10(14)11(16)17/h8-10,15H,2-7H2,1H3,(H,16,17)/t9-,10-/m0/s1. The number of urea groups is 1. The van der Waals surface area contributed by atoms with E-state index in [1.807, 2.05) is 0 Å². The highest BCUT2D eigenvalue weighted by atomic mass is 16.4. The van der Waals surface area contributed by atoms with Crippen molar-refractivity contribution in [3.05, 3.63) is 0 Å². The summed E-state index contributed by atoms with van der Waals surface area (Å²) in [6.45, 7) is 0.794. The fourth-order valence-corrected chi connectivity index (χ4v) is 2.62. The molecule has 6 heteroatoms. The van der Waals surface area contributed by atoms with Crippen LogP contribution in [-0.2, 0) is 4.79 Å². The summed E-state index contributed by atoms with van der Waals surface area (Å²) in [5.74, 6) is -0.494. The molecular formula is C12H20N2O4. The Morgan fingerprint density at radius 2 is 2.06 bits per heavy atom. The molecule has 1 saturated heterocycles. The van der Waals surface area contributed by atoms with Gasteiger partial charge in [-0.3, -0.25) is 0 Å². The number of carboxylic acids is 1. The van der Waals surface area contributed by atoms with Crippen LogP contribution >= 0.6 is 0 Å². The molecule has 6 nitrogen and oxygen atoms in total. The van der Waals surface area contributed by atoms with Crippen molar-refractivity contribution in [3.8, 4) is 0 Å². The zero-order chi connectivity index (χ0) is 13.3. The lowest BCUT2D eigenvalue weighted by Gasteiger charge is -2.33. The van der Waals surface area contributed by atoms with Gasteiger partial charge in [-0.05, 0) is 18.8 Å². The van der Waals surface area contributed by atoms with Gasteiger partial charge in [0.1, 0.15) is 6.04 Å². The summed E-state index contributed by atoms with van der Waals surface area (Å²) in [6, 6.07) is -1.18. The molecule has 2 rings (SSSR count). The van der Waals surface area contributed by atoms with Gasteiger partial charge in [0, 0.05) is 26.6 Å². The summed E-state index contributed by atoms with van der Waals surface area (Å²) in [6.07, 6.45) is 2.89. The normalized spacial score (nSPS) is 28.0. The molecule has 0 aromatic heterocycles. The maximum absolute atomic E-state index is 12.2. The fourth-order valence-electron chi connectivity index (χ4n) is 2.62. The Balaban J connectivity index is 1.95. The second kappa shape index (κ2) is 5.14. The number of rotatable bonds is 3. The minimum absolute atomic E-state index is 0.116. The van der Waals surface area contributed by atoms with Crippen LogP contribution in [0.25, 0.3) is 0 Å². The topological polar surface area (TPSA) is 81.1 Å². The number of carbonyl (C=O) groups excluding carboxylic acids is 1. The van der Waals surface area contributed by atoms with Gasteiger partial charge in [0.25, 0.3) is 0 Å². The SMILES string of the molecule is CN(CC1CCC1)C(=O)N1C[C@@H](O)C[C@H]1C(=O)O. The number of aliphatic hydroxyl groups is 1. The Hall–Kier alpha value is -1.30. The molecule has 2 aliphatic rings. The van der Waals surface area contributed by atoms with Gasteiger partial charge in [-0.1, -0.05) is 6.42 Å². The van der Waals surface area contributed by atoms with Gasteiger partial charge in [0.05, 0.1) is 6.10 Å². The van der Waals surface area contributed by atoms with E-state index < -0.39 is 18.1 Å². The third-order valence-corrected chi connectivity index (χ3v) is 3.89. The first kappa shape index (κ1) is 13.1. The molecule has 2 amide bonds. The monoisotopic (exact) mass is 256 g/mol. The van der Waals surface area contributed by atoms with Crippen LogP contribution in [-0.4, -0.2) is 64.3 Å². The Morgan fingerprint density at radius 1 is 1.39 bits per heavy atom. The van der Waals surface area contributed by atoms with Crippen LogP contribution in [0.1, 0.15) is 25.7 Å². The number of aliphatic carboxylic acids is 1. The predicted molar refractivity (Wildman–Crippen MR) is 64.1 cm³/mol. The second-order valence-electron chi connectivity index (χ2n) is 5.36. The molecule has 0 aromatic rings. The molecule has 18 heavy (non-hydrogen) atoms. The number of amides is 2. The lowest BCUT2D eigenvalue weighted by Crippen LogP contribution is -2.48. The second-order valence-corrected chi connectivity index (χ2v) is 5.36. The summed E-state index contributed by atoms with van der Waals surface area (Å²) in [5.41, 5.74) is 0. The van der Waals surface area contributed by atoms with Crippen molar-refractivity contribution in [3.63, 3.8) is 0 Å². The van der Waals surface area contributed by atoms with Crippen LogP contribution in [0, 0.1) is 5.92 Å². The molecule has 2 fully saturated rings. The lowest BCUT2D eigenvalue weighted by atomic mass is 9.85. The average molecular weight is 256 g/mol. The molecule has 0 radical (unpaired) electrons. The summed E-state index contributed by atoms with van der Waals surface area (Å²) in [5, 5.41) is 18.6. The summed E-state index contributed by atoms with van der Waals surface area (Å²) in [7, 11) is 1.70. The van der Waals surface area contributed by atoms with E-state index in [0.29, 0.717) is 12.5 Å². The number of hydrogen-bond donors (Lipinski definition) is 2. The van der Waals surface area contributed by atoms with E-state index in [4.69, 9.17) is 5.11 Å². The van der Waals surface area contributed by atoms with E-state index in [9.17, 15) is 14.7 Å². The van der Waals surface area contributed by atoms with Crippen LogP contribution in [0.3, 0.4) is 0 Å². The number of likely N-dealkylation sites (tertiary alicyclic amines) is 1. The van der Waals surface area contributed by atoms with E-state index in [1.54, 1.807) is 11.9 Å². The molecule has 0 bridgehead atoms. The van der Waals surface area contributed by atoms with Crippen LogP contribution in [0.5, 0.6) is 0 Å². The Morgan fingerprint density at radius 3 is 2.56 bits per heavy atom. The Bertz CT molecular complexity index is 343. The summed E-state index contributed by atoms with van der Waals surface area (Å²) in [4.78, 5) is 26.1. The third-order valence-electron chi connectivity index (χ3n) is 3.89. The van der Waals surface area contributed by atoms with Crippen LogP contribution in [0.4, 0.5) is 4.79 Å². The number of β-amino-alcohol motifs (C(OH)–C–C–N with tert-alkyl or cyclic N) is 1. The first-order valence-corrected chi connectivity index (χ1v) is 6.41. The zero-order valence-electron chi connectivity index (χ0n) is 10.6. The van der Waals surface area contributed by atoms with Gasteiger partial charge in [0.15, 0.2) is 0 Å². The molecule has 2 atom stereocenters. The molecule has 0 aromatic carbocycles. The Labute approximate surface area is 106 Å². The molecule has 1 aliphatic heterocycles. The number of hydrogen-bond acceptors (Lipinski definition) is 3. The van der Waals surface area contributed by atoms with E-state index in [2.05, 4.69) is 0 Å².